The lowest BCUT2D eigenvalue weighted by Crippen LogP contribution is -2.10. The van der Waals surface area contributed by atoms with Crippen LogP contribution in [0.25, 0.3) is 5.69 Å². The summed E-state index contributed by atoms with van der Waals surface area (Å²) in [6, 6.07) is 5.67. The fraction of sp³-hybridized carbons (Fsp3) is 0.0833. The van der Waals surface area contributed by atoms with Crippen LogP contribution < -0.4 is 5.32 Å². The number of methoxy groups -OCH3 is 1. The van der Waals surface area contributed by atoms with Gasteiger partial charge in [-0.2, -0.15) is 0 Å². The lowest BCUT2D eigenvalue weighted by Gasteiger charge is -2.08. The van der Waals surface area contributed by atoms with Crippen molar-refractivity contribution in [3.63, 3.8) is 0 Å². The van der Waals surface area contributed by atoms with E-state index < -0.39 is 6.09 Å². The molecule has 0 aliphatic heterocycles. The van der Waals surface area contributed by atoms with E-state index in [1.807, 2.05) is 0 Å². The van der Waals surface area contributed by atoms with Crippen LogP contribution in [0.4, 0.5) is 10.5 Å². The molecule has 0 radical (unpaired) electrons. The fourth-order valence-electron chi connectivity index (χ4n) is 1.66. The Hall–Kier alpha value is -2.05. The van der Waals surface area contributed by atoms with Crippen LogP contribution in [0.1, 0.15) is 0 Å². The number of nitrogens with zero attached hydrogens (tertiary/aromatic N) is 1. The molecular weight excluding hydrogens is 307 g/mol. The molecule has 1 heterocycles. The lowest BCUT2D eigenvalue weighted by molar-refractivity contribution is 0.187. The first-order valence-electron chi connectivity index (χ1n) is 5.37. The Balaban J connectivity index is 2.49. The second-order valence-electron chi connectivity index (χ2n) is 3.82. The summed E-state index contributed by atoms with van der Waals surface area (Å²) < 4.78 is 5.48. The number of hydrogen-bond donors (Lipinski definition) is 3. The minimum atomic E-state index is -0.776. The summed E-state index contributed by atoms with van der Waals surface area (Å²) in [5.74, 6) is -0.682. The molecule has 0 bridgehead atoms. The Labute approximate surface area is 124 Å². The van der Waals surface area contributed by atoms with Gasteiger partial charge in [-0.3, -0.25) is 5.32 Å². The smallest absolute Gasteiger partial charge is 0.411 e. The number of aromatic nitrogens is 1. The van der Waals surface area contributed by atoms with Gasteiger partial charge in [0.15, 0.2) is 0 Å². The van der Waals surface area contributed by atoms with E-state index in [-0.39, 0.29) is 17.4 Å². The maximum atomic E-state index is 11.1. The predicted molar refractivity (Wildman–Crippen MR) is 75.1 cm³/mol. The fourth-order valence-corrected chi connectivity index (χ4v) is 2.18. The highest BCUT2D eigenvalue weighted by Gasteiger charge is 2.18. The monoisotopic (exact) mass is 316 g/mol. The first-order chi connectivity index (χ1) is 9.42. The van der Waals surface area contributed by atoms with Gasteiger partial charge in [0, 0.05) is 16.1 Å². The minimum absolute atomic E-state index is 0.00884. The quantitative estimate of drug-likeness (QED) is 0.793. The Kier molecular flexibility index (Phi) is 3.96. The molecule has 2 aromatic rings. The number of carbonyl (C=O) groups is 1. The summed E-state index contributed by atoms with van der Waals surface area (Å²) in [6.07, 6.45) is -0.776. The molecule has 106 valence electrons. The van der Waals surface area contributed by atoms with Gasteiger partial charge < -0.3 is 14.9 Å². The highest BCUT2D eigenvalue weighted by atomic mass is 35.5. The summed E-state index contributed by atoms with van der Waals surface area (Å²) >= 11 is 11.7. The van der Waals surface area contributed by atoms with Gasteiger partial charge in [-0.1, -0.05) is 23.2 Å². The number of carbonyl (C=O) groups excluding carboxylic acids is 1. The third kappa shape index (κ3) is 2.76. The number of ether oxygens (including phenoxy) is 1. The Morgan fingerprint density at radius 3 is 2.35 bits per heavy atom. The van der Waals surface area contributed by atoms with Crippen LogP contribution in [0.3, 0.4) is 0 Å². The number of nitrogens with one attached hydrogen (secondary N) is 1. The summed E-state index contributed by atoms with van der Waals surface area (Å²) in [7, 11) is 1.18. The van der Waals surface area contributed by atoms with Crippen molar-refractivity contribution in [2.45, 2.75) is 0 Å². The van der Waals surface area contributed by atoms with Crippen molar-refractivity contribution < 1.29 is 19.7 Å². The second kappa shape index (κ2) is 5.52. The number of aromatic hydroxyl groups is 2. The summed E-state index contributed by atoms with van der Waals surface area (Å²) in [6.45, 7) is 0. The van der Waals surface area contributed by atoms with Crippen LogP contribution in [0, 0.1) is 0 Å². The van der Waals surface area contributed by atoms with Crippen molar-refractivity contribution in [2.24, 2.45) is 0 Å². The molecule has 3 N–H and O–H groups in total. The van der Waals surface area contributed by atoms with Crippen LogP contribution >= 0.6 is 23.2 Å². The van der Waals surface area contributed by atoms with Crippen LogP contribution in [-0.4, -0.2) is 28.0 Å². The summed E-state index contributed by atoms with van der Waals surface area (Å²) in [5, 5.41) is 22.8. The molecule has 0 fully saturated rings. The molecule has 0 spiro atoms. The number of benzene rings is 1. The molecule has 20 heavy (non-hydrogen) atoms. The molecule has 1 aromatic heterocycles. The van der Waals surface area contributed by atoms with E-state index >= 15 is 0 Å². The maximum absolute atomic E-state index is 11.1. The number of anilines is 1. The number of halogens is 2. The molecule has 0 atom stereocenters. The van der Waals surface area contributed by atoms with Crippen molar-refractivity contribution in [3.8, 4) is 17.4 Å². The van der Waals surface area contributed by atoms with E-state index in [2.05, 4.69) is 10.1 Å². The van der Waals surface area contributed by atoms with Crippen LogP contribution in [-0.2, 0) is 4.74 Å². The molecule has 0 saturated heterocycles. The molecule has 1 amide bonds. The highest BCUT2D eigenvalue weighted by Crippen LogP contribution is 2.36. The van der Waals surface area contributed by atoms with Gasteiger partial charge in [-0.15, -0.1) is 0 Å². The zero-order valence-corrected chi connectivity index (χ0v) is 11.7. The topological polar surface area (TPSA) is 83.7 Å². The normalized spacial score (nSPS) is 10.3. The number of amides is 1. The Bertz CT molecular complexity index is 649. The first kappa shape index (κ1) is 14.4. The van der Waals surface area contributed by atoms with Gasteiger partial charge in [0.2, 0.25) is 11.8 Å². The second-order valence-corrected chi connectivity index (χ2v) is 4.69. The summed E-state index contributed by atoms with van der Waals surface area (Å²) in [5.41, 5.74) is 0.334. The first-order valence-corrected chi connectivity index (χ1v) is 6.13. The van der Waals surface area contributed by atoms with E-state index in [4.69, 9.17) is 23.2 Å². The highest BCUT2D eigenvalue weighted by molar-refractivity contribution is 6.34. The third-order valence-corrected chi connectivity index (χ3v) is 2.92. The van der Waals surface area contributed by atoms with Gasteiger partial charge in [0.1, 0.15) is 5.69 Å². The molecule has 6 nitrogen and oxygen atoms in total. The van der Waals surface area contributed by atoms with Gasteiger partial charge in [0.05, 0.1) is 12.8 Å². The molecule has 0 saturated carbocycles. The molecule has 2 rings (SSSR count). The average Bonchev–Trinajstić information content (AvgIpc) is 2.63. The largest absolute Gasteiger partial charge is 0.494 e. The standard InChI is InChI=1S/C12H10Cl2N2O4/c1-20-12(19)15-9-5-10(17)16(11(9)18)8-3-6(13)2-7(14)4-8/h2-5,17-18H,1H3,(H,15,19). The Morgan fingerprint density at radius 1 is 1.20 bits per heavy atom. The lowest BCUT2D eigenvalue weighted by atomic mass is 10.3. The van der Waals surface area contributed by atoms with Crippen molar-refractivity contribution in [2.75, 3.05) is 12.4 Å². The molecule has 0 aliphatic carbocycles. The van der Waals surface area contributed by atoms with Gasteiger partial charge in [-0.05, 0) is 18.2 Å². The predicted octanol–water partition coefficient (Wildman–Crippen LogP) is 3.37. The SMILES string of the molecule is COC(=O)Nc1cc(O)n(-c2cc(Cl)cc(Cl)c2)c1O. The molecular formula is C12H10Cl2N2O4. The van der Waals surface area contributed by atoms with Crippen molar-refractivity contribution in [1.82, 2.24) is 4.57 Å². The van der Waals surface area contributed by atoms with Gasteiger partial charge in [0.25, 0.3) is 0 Å². The van der Waals surface area contributed by atoms with Crippen LogP contribution in [0.2, 0.25) is 10.0 Å². The third-order valence-electron chi connectivity index (χ3n) is 2.48. The maximum Gasteiger partial charge on any atom is 0.411 e. The van der Waals surface area contributed by atoms with Crippen molar-refractivity contribution in [3.05, 3.63) is 34.3 Å². The van der Waals surface area contributed by atoms with E-state index in [9.17, 15) is 15.0 Å². The van der Waals surface area contributed by atoms with Gasteiger partial charge in [-0.25, -0.2) is 9.36 Å². The minimum Gasteiger partial charge on any atom is -0.494 e. The van der Waals surface area contributed by atoms with Crippen LogP contribution in [0.15, 0.2) is 24.3 Å². The Morgan fingerprint density at radius 2 is 1.80 bits per heavy atom. The van der Waals surface area contributed by atoms with Crippen molar-refractivity contribution >= 4 is 35.0 Å². The summed E-state index contributed by atoms with van der Waals surface area (Å²) in [4.78, 5) is 11.1. The number of rotatable bonds is 2. The zero-order valence-electron chi connectivity index (χ0n) is 10.2. The zero-order chi connectivity index (χ0) is 14.9. The van der Waals surface area contributed by atoms with Crippen LogP contribution in [0.5, 0.6) is 11.8 Å². The molecule has 1 aromatic carbocycles. The van der Waals surface area contributed by atoms with Crippen molar-refractivity contribution in [1.29, 1.82) is 0 Å². The average molecular weight is 317 g/mol. The van der Waals surface area contributed by atoms with Gasteiger partial charge >= 0.3 is 6.09 Å². The molecule has 8 heteroatoms. The van der Waals surface area contributed by atoms with E-state index in [1.165, 1.54) is 31.4 Å². The molecule has 0 aliphatic rings. The van der Waals surface area contributed by atoms with E-state index in [0.29, 0.717) is 15.7 Å². The van der Waals surface area contributed by atoms with E-state index in [1.54, 1.807) is 0 Å². The van der Waals surface area contributed by atoms with E-state index in [0.717, 1.165) is 4.57 Å². The number of hydrogen-bond acceptors (Lipinski definition) is 4. The molecule has 0 unspecified atom stereocenters.